The van der Waals surface area contributed by atoms with Gasteiger partial charge in [0.25, 0.3) is 5.91 Å². The molecule has 6 heteroatoms. The standard InChI is InChI=1S/C19H19ClN4O/c1-21-19(25)17-9-16(7-8-18(17)20)22-10-15-11-23-24(13-15)12-14-5-3-2-4-6-14/h2-9,11,13,22H,10,12H2,1H3,(H,21,25). The summed E-state index contributed by atoms with van der Waals surface area (Å²) in [4.78, 5) is 11.8. The number of nitrogens with one attached hydrogen (secondary N) is 2. The Kier molecular flexibility index (Phi) is 5.36. The summed E-state index contributed by atoms with van der Waals surface area (Å²) in [6.07, 6.45) is 3.85. The van der Waals surface area contributed by atoms with Crippen LogP contribution in [-0.4, -0.2) is 22.7 Å². The Hall–Kier alpha value is -2.79. The van der Waals surface area contributed by atoms with E-state index in [0.717, 1.165) is 17.8 Å². The second-order valence-electron chi connectivity index (χ2n) is 5.66. The molecule has 0 saturated heterocycles. The van der Waals surface area contributed by atoms with Crippen molar-refractivity contribution in [3.05, 3.63) is 82.6 Å². The van der Waals surface area contributed by atoms with E-state index in [1.54, 1.807) is 19.2 Å². The molecule has 0 spiro atoms. The zero-order valence-electron chi connectivity index (χ0n) is 13.9. The predicted molar refractivity (Wildman–Crippen MR) is 99.9 cm³/mol. The highest BCUT2D eigenvalue weighted by atomic mass is 35.5. The van der Waals surface area contributed by atoms with Crippen molar-refractivity contribution in [1.29, 1.82) is 0 Å². The fraction of sp³-hybridized carbons (Fsp3) is 0.158. The van der Waals surface area contributed by atoms with Gasteiger partial charge in [-0.15, -0.1) is 0 Å². The van der Waals surface area contributed by atoms with Crippen LogP contribution in [0.4, 0.5) is 5.69 Å². The zero-order chi connectivity index (χ0) is 17.6. The normalized spacial score (nSPS) is 10.5. The van der Waals surface area contributed by atoms with Gasteiger partial charge in [0, 0.05) is 31.0 Å². The van der Waals surface area contributed by atoms with Crippen LogP contribution >= 0.6 is 11.6 Å². The number of rotatable bonds is 6. The Labute approximate surface area is 151 Å². The fourth-order valence-electron chi connectivity index (χ4n) is 2.50. The largest absolute Gasteiger partial charge is 0.381 e. The first kappa shape index (κ1) is 17.0. The number of aromatic nitrogens is 2. The number of hydrogen-bond donors (Lipinski definition) is 2. The molecule has 1 heterocycles. The molecule has 1 amide bonds. The van der Waals surface area contributed by atoms with Crippen molar-refractivity contribution in [3.63, 3.8) is 0 Å². The number of carbonyl (C=O) groups is 1. The molecule has 5 nitrogen and oxygen atoms in total. The maximum Gasteiger partial charge on any atom is 0.252 e. The lowest BCUT2D eigenvalue weighted by molar-refractivity contribution is 0.0963. The molecule has 0 aliphatic carbocycles. The number of hydrogen-bond acceptors (Lipinski definition) is 3. The number of benzene rings is 2. The minimum atomic E-state index is -0.204. The van der Waals surface area contributed by atoms with Gasteiger partial charge in [-0.1, -0.05) is 41.9 Å². The van der Waals surface area contributed by atoms with Crippen LogP contribution < -0.4 is 10.6 Å². The average Bonchev–Trinajstić information content (AvgIpc) is 3.08. The minimum Gasteiger partial charge on any atom is -0.381 e. The van der Waals surface area contributed by atoms with Crippen LogP contribution in [-0.2, 0) is 13.1 Å². The molecule has 128 valence electrons. The summed E-state index contributed by atoms with van der Waals surface area (Å²) >= 11 is 6.07. The summed E-state index contributed by atoms with van der Waals surface area (Å²) in [7, 11) is 1.58. The fourth-order valence-corrected chi connectivity index (χ4v) is 2.71. The maximum absolute atomic E-state index is 11.8. The molecule has 0 bridgehead atoms. The van der Waals surface area contributed by atoms with Crippen LogP contribution in [0.1, 0.15) is 21.5 Å². The third kappa shape index (κ3) is 4.39. The van der Waals surface area contributed by atoms with Crippen molar-refractivity contribution in [3.8, 4) is 0 Å². The van der Waals surface area contributed by atoms with E-state index in [9.17, 15) is 4.79 Å². The van der Waals surface area contributed by atoms with Gasteiger partial charge in [0.05, 0.1) is 23.3 Å². The van der Waals surface area contributed by atoms with Gasteiger partial charge < -0.3 is 10.6 Å². The monoisotopic (exact) mass is 354 g/mol. The summed E-state index contributed by atoms with van der Waals surface area (Å²) in [6.45, 7) is 1.35. The third-order valence-electron chi connectivity index (χ3n) is 3.81. The number of anilines is 1. The van der Waals surface area contributed by atoms with Crippen LogP contribution in [0.3, 0.4) is 0 Å². The highest BCUT2D eigenvalue weighted by molar-refractivity contribution is 6.34. The smallest absolute Gasteiger partial charge is 0.252 e. The first-order valence-corrected chi connectivity index (χ1v) is 8.34. The van der Waals surface area contributed by atoms with Crippen molar-refractivity contribution in [2.75, 3.05) is 12.4 Å². The summed E-state index contributed by atoms with van der Waals surface area (Å²) in [6, 6.07) is 15.5. The number of halogens is 1. The van der Waals surface area contributed by atoms with Gasteiger partial charge in [-0.25, -0.2) is 0 Å². The number of amides is 1. The Balaban J connectivity index is 1.63. The molecular formula is C19H19ClN4O. The molecule has 0 saturated carbocycles. The van der Waals surface area contributed by atoms with Gasteiger partial charge in [-0.2, -0.15) is 5.10 Å². The second kappa shape index (κ2) is 7.85. The summed E-state index contributed by atoms with van der Waals surface area (Å²) in [5, 5.41) is 10.7. The van der Waals surface area contributed by atoms with E-state index in [0.29, 0.717) is 17.1 Å². The van der Waals surface area contributed by atoms with Gasteiger partial charge in [0.2, 0.25) is 0 Å². The molecule has 0 unspecified atom stereocenters. The molecule has 0 radical (unpaired) electrons. The van der Waals surface area contributed by atoms with Gasteiger partial charge in [-0.05, 0) is 23.8 Å². The molecule has 3 rings (SSSR count). The van der Waals surface area contributed by atoms with Crippen LogP contribution in [0.5, 0.6) is 0 Å². The summed E-state index contributed by atoms with van der Waals surface area (Å²) in [5.41, 5.74) is 3.55. The van der Waals surface area contributed by atoms with Crippen molar-refractivity contribution >= 4 is 23.2 Å². The van der Waals surface area contributed by atoms with Crippen LogP contribution in [0, 0.1) is 0 Å². The van der Waals surface area contributed by atoms with E-state index in [1.165, 1.54) is 5.56 Å². The van der Waals surface area contributed by atoms with E-state index in [-0.39, 0.29) is 5.91 Å². The van der Waals surface area contributed by atoms with Gasteiger partial charge in [0.1, 0.15) is 0 Å². The third-order valence-corrected chi connectivity index (χ3v) is 4.14. The van der Waals surface area contributed by atoms with Crippen molar-refractivity contribution in [1.82, 2.24) is 15.1 Å². The van der Waals surface area contributed by atoms with Crippen molar-refractivity contribution < 1.29 is 4.79 Å². The molecule has 3 aromatic rings. The van der Waals surface area contributed by atoms with Crippen LogP contribution in [0.15, 0.2) is 60.9 Å². The topological polar surface area (TPSA) is 59.0 Å². The molecule has 1 aromatic heterocycles. The number of nitrogens with zero attached hydrogens (tertiary/aromatic N) is 2. The lowest BCUT2D eigenvalue weighted by Gasteiger charge is -2.08. The molecule has 2 N–H and O–H groups in total. The lowest BCUT2D eigenvalue weighted by atomic mass is 10.2. The lowest BCUT2D eigenvalue weighted by Crippen LogP contribution is -2.18. The van der Waals surface area contributed by atoms with Gasteiger partial charge in [-0.3, -0.25) is 9.48 Å². The van der Waals surface area contributed by atoms with E-state index < -0.39 is 0 Å². The van der Waals surface area contributed by atoms with E-state index >= 15 is 0 Å². The number of carbonyl (C=O) groups excluding carboxylic acids is 1. The van der Waals surface area contributed by atoms with Crippen LogP contribution in [0.25, 0.3) is 0 Å². The maximum atomic E-state index is 11.8. The quantitative estimate of drug-likeness (QED) is 0.711. The average molecular weight is 355 g/mol. The molecular weight excluding hydrogens is 336 g/mol. The Bertz CT molecular complexity index is 861. The minimum absolute atomic E-state index is 0.204. The first-order valence-electron chi connectivity index (χ1n) is 7.96. The molecule has 25 heavy (non-hydrogen) atoms. The first-order chi connectivity index (χ1) is 12.2. The molecule has 0 aliphatic heterocycles. The predicted octanol–water partition coefficient (Wildman–Crippen LogP) is 3.56. The van der Waals surface area contributed by atoms with E-state index in [4.69, 9.17) is 11.6 Å². The van der Waals surface area contributed by atoms with Gasteiger partial charge >= 0.3 is 0 Å². The Morgan fingerprint density at radius 2 is 1.96 bits per heavy atom. The molecule has 0 aliphatic rings. The zero-order valence-corrected chi connectivity index (χ0v) is 14.6. The van der Waals surface area contributed by atoms with E-state index in [2.05, 4.69) is 27.9 Å². The Morgan fingerprint density at radius 1 is 1.16 bits per heavy atom. The Morgan fingerprint density at radius 3 is 2.72 bits per heavy atom. The highest BCUT2D eigenvalue weighted by Gasteiger charge is 2.09. The van der Waals surface area contributed by atoms with Crippen molar-refractivity contribution in [2.24, 2.45) is 0 Å². The summed E-state index contributed by atoms with van der Waals surface area (Å²) in [5.74, 6) is -0.204. The second-order valence-corrected chi connectivity index (χ2v) is 6.07. The highest BCUT2D eigenvalue weighted by Crippen LogP contribution is 2.21. The van der Waals surface area contributed by atoms with Gasteiger partial charge in [0.15, 0.2) is 0 Å². The summed E-state index contributed by atoms with van der Waals surface area (Å²) < 4.78 is 1.91. The molecule has 0 fully saturated rings. The van der Waals surface area contributed by atoms with Crippen molar-refractivity contribution in [2.45, 2.75) is 13.1 Å². The van der Waals surface area contributed by atoms with E-state index in [1.807, 2.05) is 41.3 Å². The molecule has 2 aromatic carbocycles. The SMILES string of the molecule is CNC(=O)c1cc(NCc2cnn(Cc3ccccc3)c2)ccc1Cl. The molecule has 0 atom stereocenters. The van der Waals surface area contributed by atoms with Crippen LogP contribution in [0.2, 0.25) is 5.02 Å².